The first kappa shape index (κ1) is 9.36. The van der Waals surface area contributed by atoms with Crippen molar-refractivity contribution >= 4 is 21.8 Å². The number of carbonyl (C=O) groups excluding carboxylic acids is 1. The molecule has 15 heavy (non-hydrogen) atoms. The molecule has 0 unspecified atom stereocenters. The van der Waals surface area contributed by atoms with E-state index in [1.54, 1.807) is 0 Å². The number of nitrogens with one attached hydrogen (secondary N) is 1. The lowest BCUT2D eigenvalue weighted by Crippen LogP contribution is -2.43. The lowest BCUT2D eigenvalue weighted by molar-refractivity contribution is -0.136. The van der Waals surface area contributed by atoms with Crippen LogP contribution in [0.3, 0.4) is 0 Å². The Morgan fingerprint density at radius 3 is 3.20 bits per heavy atom. The maximum atomic E-state index is 11.2. The average molecular weight is 268 g/mol. The van der Waals surface area contributed by atoms with E-state index in [9.17, 15) is 4.79 Å². The highest BCUT2D eigenvalue weighted by Gasteiger charge is 2.37. The van der Waals surface area contributed by atoms with Crippen LogP contribution >= 0.6 is 15.9 Å². The molecule has 1 aromatic carbocycles. The molecule has 1 fully saturated rings. The summed E-state index contributed by atoms with van der Waals surface area (Å²) in [6, 6.07) is 6.21. The molecule has 3 nitrogen and oxygen atoms in total. The largest absolute Gasteiger partial charge is 0.366 e. The van der Waals surface area contributed by atoms with E-state index < -0.39 is 0 Å². The van der Waals surface area contributed by atoms with Crippen LogP contribution in [0.25, 0.3) is 0 Å². The lowest BCUT2D eigenvalue weighted by Gasteiger charge is -2.27. The molecule has 3 rings (SSSR count). The molecule has 0 aromatic heterocycles. The van der Waals surface area contributed by atoms with Crippen molar-refractivity contribution in [2.45, 2.75) is 18.6 Å². The molecular weight excluding hydrogens is 258 g/mol. The normalized spacial score (nSPS) is 28.2. The van der Waals surface area contributed by atoms with E-state index in [0.717, 1.165) is 10.9 Å². The Kier molecular flexibility index (Phi) is 2.07. The predicted molar refractivity (Wildman–Crippen MR) is 58.5 cm³/mol. The highest BCUT2D eigenvalue weighted by Crippen LogP contribution is 2.36. The number of ether oxygens (including phenoxy) is 1. The minimum atomic E-state index is -0.0213. The molecule has 1 amide bonds. The lowest BCUT2D eigenvalue weighted by atomic mass is 10.1. The van der Waals surface area contributed by atoms with E-state index in [2.05, 4.69) is 33.4 Å². The van der Waals surface area contributed by atoms with Gasteiger partial charge in [0.1, 0.15) is 6.61 Å². The Hall–Kier alpha value is -0.870. The van der Waals surface area contributed by atoms with Crippen LogP contribution in [0.2, 0.25) is 0 Å². The zero-order valence-electron chi connectivity index (χ0n) is 8.00. The van der Waals surface area contributed by atoms with Gasteiger partial charge in [0, 0.05) is 10.9 Å². The molecule has 2 aliphatic rings. The van der Waals surface area contributed by atoms with Crippen molar-refractivity contribution in [1.29, 1.82) is 0 Å². The second-order valence-electron chi connectivity index (χ2n) is 3.94. The molecule has 1 saturated heterocycles. The van der Waals surface area contributed by atoms with E-state index in [4.69, 9.17) is 4.74 Å². The first-order valence-electron chi connectivity index (χ1n) is 4.93. The monoisotopic (exact) mass is 267 g/mol. The predicted octanol–water partition coefficient (Wildman–Crippen LogP) is 1.56. The third-order valence-corrected chi connectivity index (χ3v) is 3.47. The fourth-order valence-electron chi connectivity index (χ4n) is 2.31. The molecule has 0 saturated carbocycles. The fourth-order valence-corrected chi connectivity index (χ4v) is 2.72. The van der Waals surface area contributed by atoms with Crippen LogP contribution in [0, 0.1) is 0 Å². The summed E-state index contributed by atoms with van der Waals surface area (Å²) >= 11 is 3.45. The van der Waals surface area contributed by atoms with Crippen molar-refractivity contribution in [1.82, 2.24) is 5.32 Å². The number of morpholine rings is 1. The van der Waals surface area contributed by atoms with Crippen molar-refractivity contribution < 1.29 is 9.53 Å². The molecule has 0 radical (unpaired) electrons. The molecule has 1 N–H and O–H groups in total. The van der Waals surface area contributed by atoms with Crippen molar-refractivity contribution in [3.63, 3.8) is 0 Å². The van der Waals surface area contributed by atoms with Gasteiger partial charge in [0.15, 0.2) is 0 Å². The van der Waals surface area contributed by atoms with Crippen LogP contribution < -0.4 is 5.32 Å². The summed E-state index contributed by atoms with van der Waals surface area (Å²) < 4.78 is 6.58. The summed E-state index contributed by atoms with van der Waals surface area (Å²) in [4.78, 5) is 11.2. The van der Waals surface area contributed by atoms with Gasteiger partial charge in [0.25, 0.3) is 0 Å². The number of benzene rings is 1. The number of rotatable bonds is 0. The first-order chi connectivity index (χ1) is 7.24. The Morgan fingerprint density at radius 2 is 2.33 bits per heavy atom. The molecule has 1 aliphatic heterocycles. The minimum Gasteiger partial charge on any atom is -0.366 e. The van der Waals surface area contributed by atoms with Gasteiger partial charge in [-0.2, -0.15) is 0 Å². The molecule has 4 heteroatoms. The van der Waals surface area contributed by atoms with Gasteiger partial charge in [-0.05, 0) is 23.3 Å². The maximum Gasteiger partial charge on any atom is 0.246 e. The summed E-state index contributed by atoms with van der Waals surface area (Å²) in [6.07, 6.45) is 1.01. The Labute approximate surface area is 95.9 Å². The highest BCUT2D eigenvalue weighted by molar-refractivity contribution is 9.10. The second kappa shape index (κ2) is 3.32. The standard InChI is InChI=1S/C11H10BrNO2/c12-7-1-2-8-6(3-7)4-9-11(8)13-10(14)5-15-9/h1-3,9,11H,4-5H2,(H,13,14)/t9-,11+/m1/s1. The van der Waals surface area contributed by atoms with Crippen molar-refractivity contribution in [3.05, 3.63) is 33.8 Å². The van der Waals surface area contributed by atoms with E-state index in [0.29, 0.717) is 0 Å². The highest BCUT2D eigenvalue weighted by atomic mass is 79.9. The van der Waals surface area contributed by atoms with E-state index in [1.807, 2.05) is 6.07 Å². The van der Waals surface area contributed by atoms with Gasteiger partial charge >= 0.3 is 0 Å². The van der Waals surface area contributed by atoms with Gasteiger partial charge in [-0.3, -0.25) is 4.79 Å². The Morgan fingerprint density at radius 1 is 1.47 bits per heavy atom. The van der Waals surface area contributed by atoms with Crippen LogP contribution in [-0.2, 0) is 16.0 Å². The van der Waals surface area contributed by atoms with Crippen LogP contribution in [0.15, 0.2) is 22.7 Å². The van der Waals surface area contributed by atoms with Gasteiger partial charge in [-0.1, -0.05) is 22.0 Å². The quantitative estimate of drug-likeness (QED) is 0.775. The van der Waals surface area contributed by atoms with Crippen LogP contribution in [-0.4, -0.2) is 18.6 Å². The van der Waals surface area contributed by atoms with Gasteiger partial charge < -0.3 is 10.1 Å². The van der Waals surface area contributed by atoms with Gasteiger partial charge in [0.2, 0.25) is 5.91 Å². The minimum absolute atomic E-state index is 0.0213. The molecular formula is C11H10BrNO2. The van der Waals surface area contributed by atoms with Gasteiger partial charge in [-0.15, -0.1) is 0 Å². The third-order valence-electron chi connectivity index (χ3n) is 2.98. The second-order valence-corrected chi connectivity index (χ2v) is 4.86. The number of carbonyl (C=O) groups is 1. The molecule has 1 aromatic rings. The number of hydrogen-bond donors (Lipinski definition) is 1. The number of hydrogen-bond acceptors (Lipinski definition) is 2. The number of halogens is 1. The summed E-state index contributed by atoms with van der Waals surface area (Å²) in [7, 11) is 0. The SMILES string of the molecule is O=C1CO[C@@H]2Cc3cc(Br)ccc3[C@@H]2N1. The van der Waals surface area contributed by atoms with E-state index >= 15 is 0 Å². The Balaban J connectivity index is 2.00. The van der Waals surface area contributed by atoms with Crippen LogP contribution in [0.4, 0.5) is 0 Å². The summed E-state index contributed by atoms with van der Waals surface area (Å²) in [5.74, 6) is -0.0213. The van der Waals surface area contributed by atoms with E-state index in [-0.39, 0.29) is 24.7 Å². The van der Waals surface area contributed by atoms with Crippen molar-refractivity contribution in [2.24, 2.45) is 0 Å². The molecule has 1 aliphatic carbocycles. The zero-order valence-corrected chi connectivity index (χ0v) is 9.58. The van der Waals surface area contributed by atoms with E-state index in [1.165, 1.54) is 11.1 Å². The topological polar surface area (TPSA) is 38.3 Å². The maximum absolute atomic E-state index is 11.2. The average Bonchev–Trinajstić information content (AvgIpc) is 2.54. The summed E-state index contributed by atoms with van der Waals surface area (Å²) in [6.45, 7) is 0.191. The van der Waals surface area contributed by atoms with Gasteiger partial charge in [-0.25, -0.2) is 0 Å². The first-order valence-corrected chi connectivity index (χ1v) is 5.72. The molecule has 2 atom stereocenters. The smallest absolute Gasteiger partial charge is 0.246 e. The number of fused-ring (bicyclic) bond motifs is 3. The van der Waals surface area contributed by atoms with Gasteiger partial charge in [0.05, 0.1) is 12.1 Å². The molecule has 1 heterocycles. The van der Waals surface area contributed by atoms with Crippen LogP contribution in [0.5, 0.6) is 0 Å². The zero-order chi connectivity index (χ0) is 10.4. The number of amides is 1. The molecule has 78 valence electrons. The van der Waals surface area contributed by atoms with Crippen molar-refractivity contribution in [2.75, 3.05) is 6.61 Å². The summed E-state index contributed by atoms with van der Waals surface area (Å²) in [5, 5.41) is 2.97. The Bertz CT molecular complexity index is 433. The molecule has 0 bridgehead atoms. The molecule has 0 spiro atoms. The van der Waals surface area contributed by atoms with Crippen molar-refractivity contribution in [3.8, 4) is 0 Å². The fraction of sp³-hybridized carbons (Fsp3) is 0.364. The summed E-state index contributed by atoms with van der Waals surface area (Å²) in [5.41, 5.74) is 2.46. The third kappa shape index (κ3) is 1.48. The van der Waals surface area contributed by atoms with Crippen LogP contribution in [0.1, 0.15) is 17.2 Å².